The van der Waals surface area contributed by atoms with Crippen LogP contribution in [0.3, 0.4) is 0 Å². The normalized spacial score (nSPS) is 18.1. The highest BCUT2D eigenvalue weighted by molar-refractivity contribution is 5.62. The summed E-state index contributed by atoms with van der Waals surface area (Å²) in [6.45, 7) is 0.531. The summed E-state index contributed by atoms with van der Waals surface area (Å²) in [4.78, 5) is 0. The average Bonchev–Trinajstić information content (AvgIpc) is 2.88. The molecule has 0 saturated heterocycles. The fourth-order valence-electron chi connectivity index (χ4n) is 2.65. The summed E-state index contributed by atoms with van der Waals surface area (Å²) >= 11 is 0. The van der Waals surface area contributed by atoms with Gasteiger partial charge < -0.3 is 14.0 Å². The van der Waals surface area contributed by atoms with Gasteiger partial charge in [-0.2, -0.15) is 0 Å². The smallest absolute Gasteiger partial charge is 0.129 e. The number of nitrogens with zero attached hydrogens (tertiary/aromatic N) is 1. The molecule has 0 amide bonds. The summed E-state index contributed by atoms with van der Waals surface area (Å²) in [5.41, 5.74) is 2.83. The Balaban J connectivity index is 1.67. The second-order valence-corrected chi connectivity index (χ2v) is 5.49. The van der Waals surface area contributed by atoms with E-state index < -0.39 is 0 Å². The zero-order chi connectivity index (χ0) is 15.2. The van der Waals surface area contributed by atoms with E-state index in [2.05, 4.69) is 17.3 Å². The maximum atomic E-state index is 6.04. The van der Waals surface area contributed by atoms with E-state index in [1.165, 1.54) is 6.42 Å². The Labute approximate surface area is 130 Å². The Hall–Kier alpha value is -2.07. The molecule has 3 rings (SSSR count). The van der Waals surface area contributed by atoms with Gasteiger partial charge in [-0.3, -0.25) is 0 Å². The number of rotatable bonds is 5. The fraction of sp³-hybridized carbons (Fsp3) is 0.389. The number of allylic oxidation sites excluding steroid dienone is 1. The molecule has 0 radical (unpaired) electrons. The van der Waals surface area contributed by atoms with Gasteiger partial charge in [0.15, 0.2) is 0 Å². The topological polar surface area (TPSA) is 44.5 Å². The van der Waals surface area contributed by atoms with Crippen molar-refractivity contribution in [2.45, 2.75) is 38.4 Å². The van der Waals surface area contributed by atoms with Crippen LogP contribution in [-0.2, 0) is 11.3 Å². The molecule has 4 nitrogen and oxygen atoms in total. The van der Waals surface area contributed by atoms with E-state index in [0.717, 1.165) is 41.8 Å². The molecule has 0 saturated carbocycles. The third-order valence-corrected chi connectivity index (χ3v) is 3.94. The van der Waals surface area contributed by atoms with Crippen molar-refractivity contribution in [1.82, 2.24) is 5.16 Å². The minimum atomic E-state index is 0.289. The molecule has 0 spiro atoms. The SMILES string of the molecule is COc1ccc(-c2nocc2COC2CC=CCCC2)cc1. The summed E-state index contributed by atoms with van der Waals surface area (Å²) < 4.78 is 16.4. The average molecular weight is 299 g/mol. The van der Waals surface area contributed by atoms with Gasteiger partial charge in [0, 0.05) is 11.1 Å². The lowest BCUT2D eigenvalue weighted by molar-refractivity contribution is 0.0371. The summed E-state index contributed by atoms with van der Waals surface area (Å²) in [5, 5.41) is 4.11. The number of hydrogen-bond acceptors (Lipinski definition) is 4. The summed E-state index contributed by atoms with van der Waals surface area (Å²) in [6.07, 6.45) is 10.9. The van der Waals surface area contributed by atoms with E-state index in [9.17, 15) is 0 Å². The molecular weight excluding hydrogens is 278 g/mol. The maximum Gasteiger partial charge on any atom is 0.129 e. The predicted molar refractivity (Wildman–Crippen MR) is 84.7 cm³/mol. The first kappa shape index (κ1) is 14.9. The van der Waals surface area contributed by atoms with Gasteiger partial charge >= 0.3 is 0 Å². The molecule has 116 valence electrons. The number of aromatic nitrogens is 1. The molecule has 1 aromatic carbocycles. The number of ether oxygens (including phenoxy) is 2. The van der Waals surface area contributed by atoms with Crippen LogP contribution in [0.4, 0.5) is 0 Å². The van der Waals surface area contributed by atoms with Crippen molar-refractivity contribution in [1.29, 1.82) is 0 Å². The van der Waals surface area contributed by atoms with Gasteiger partial charge in [0.2, 0.25) is 0 Å². The highest BCUT2D eigenvalue weighted by Gasteiger charge is 2.14. The summed E-state index contributed by atoms with van der Waals surface area (Å²) in [5.74, 6) is 0.829. The molecule has 0 fully saturated rings. The molecule has 0 N–H and O–H groups in total. The van der Waals surface area contributed by atoms with Crippen LogP contribution in [-0.4, -0.2) is 18.4 Å². The van der Waals surface area contributed by atoms with Crippen molar-refractivity contribution in [3.8, 4) is 17.0 Å². The van der Waals surface area contributed by atoms with Crippen LogP contribution in [0.2, 0.25) is 0 Å². The third kappa shape index (κ3) is 3.57. The molecule has 1 atom stereocenters. The van der Waals surface area contributed by atoms with Crippen LogP contribution in [0, 0.1) is 0 Å². The standard InChI is InChI=1S/C18H21NO3/c1-20-16-10-8-14(9-11-16)18-15(13-22-19-18)12-21-17-6-4-2-3-5-7-17/h2,4,8-11,13,17H,3,5-7,12H2,1H3. The quantitative estimate of drug-likeness (QED) is 0.769. The van der Waals surface area contributed by atoms with E-state index in [1.807, 2.05) is 24.3 Å². The van der Waals surface area contributed by atoms with Gasteiger partial charge in [0.05, 0.1) is 19.8 Å². The molecule has 1 unspecified atom stereocenters. The number of hydrogen-bond donors (Lipinski definition) is 0. The molecule has 1 aliphatic carbocycles. The fourth-order valence-corrected chi connectivity index (χ4v) is 2.65. The van der Waals surface area contributed by atoms with Crippen LogP contribution >= 0.6 is 0 Å². The van der Waals surface area contributed by atoms with Crippen molar-refractivity contribution in [2.24, 2.45) is 0 Å². The van der Waals surface area contributed by atoms with Gasteiger partial charge in [0.25, 0.3) is 0 Å². The van der Waals surface area contributed by atoms with Crippen molar-refractivity contribution in [3.05, 3.63) is 48.2 Å². The second-order valence-electron chi connectivity index (χ2n) is 5.49. The van der Waals surface area contributed by atoms with Crippen LogP contribution < -0.4 is 4.74 Å². The van der Waals surface area contributed by atoms with E-state index in [-0.39, 0.29) is 6.10 Å². The van der Waals surface area contributed by atoms with Crippen molar-refractivity contribution in [3.63, 3.8) is 0 Å². The van der Waals surface area contributed by atoms with Gasteiger partial charge in [0.1, 0.15) is 17.7 Å². The van der Waals surface area contributed by atoms with Crippen molar-refractivity contribution < 1.29 is 14.0 Å². The van der Waals surface area contributed by atoms with E-state index >= 15 is 0 Å². The van der Waals surface area contributed by atoms with Gasteiger partial charge in [-0.05, 0) is 49.9 Å². The summed E-state index contributed by atoms with van der Waals surface area (Å²) in [6, 6.07) is 7.80. The monoisotopic (exact) mass is 299 g/mol. The first-order valence-electron chi connectivity index (χ1n) is 7.71. The van der Waals surface area contributed by atoms with Crippen molar-refractivity contribution in [2.75, 3.05) is 7.11 Å². The Morgan fingerprint density at radius 1 is 1.23 bits per heavy atom. The molecule has 1 aliphatic rings. The van der Waals surface area contributed by atoms with Crippen LogP contribution in [0.1, 0.15) is 31.2 Å². The van der Waals surface area contributed by atoms with Crippen LogP contribution in [0.5, 0.6) is 5.75 Å². The lowest BCUT2D eigenvalue weighted by atomic mass is 10.1. The summed E-state index contributed by atoms with van der Waals surface area (Å²) in [7, 11) is 1.66. The van der Waals surface area contributed by atoms with E-state index in [4.69, 9.17) is 14.0 Å². The predicted octanol–water partition coefficient (Wildman–Crippen LogP) is 4.37. The minimum absolute atomic E-state index is 0.289. The van der Waals surface area contributed by atoms with E-state index in [0.29, 0.717) is 6.61 Å². The van der Waals surface area contributed by atoms with Gasteiger partial charge in [-0.15, -0.1) is 0 Å². The zero-order valence-corrected chi connectivity index (χ0v) is 12.8. The molecule has 2 aromatic rings. The lowest BCUT2D eigenvalue weighted by Crippen LogP contribution is -2.11. The van der Waals surface area contributed by atoms with Gasteiger partial charge in [-0.1, -0.05) is 17.3 Å². The highest BCUT2D eigenvalue weighted by atomic mass is 16.5. The second kappa shape index (κ2) is 7.27. The highest BCUT2D eigenvalue weighted by Crippen LogP contribution is 2.26. The van der Waals surface area contributed by atoms with Crippen molar-refractivity contribution >= 4 is 0 Å². The third-order valence-electron chi connectivity index (χ3n) is 3.94. The Morgan fingerprint density at radius 3 is 2.91 bits per heavy atom. The molecule has 0 aliphatic heterocycles. The largest absolute Gasteiger partial charge is 0.497 e. The molecule has 1 aromatic heterocycles. The molecule has 0 bridgehead atoms. The lowest BCUT2D eigenvalue weighted by Gasteiger charge is -2.14. The molecule has 1 heterocycles. The van der Waals surface area contributed by atoms with Crippen LogP contribution in [0.25, 0.3) is 11.3 Å². The zero-order valence-electron chi connectivity index (χ0n) is 12.8. The Kier molecular flexibility index (Phi) is 4.91. The number of methoxy groups -OCH3 is 1. The maximum absolute atomic E-state index is 6.04. The minimum Gasteiger partial charge on any atom is -0.497 e. The Bertz CT molecular complexity index is 616. The molecule has 4 heteroatoms. The first-order chi connectivity index (χ1) is 10.9. The van der Waals surface area contributed by atoms with Gasteiger partial charge in [-0.25, -0.2) is 0 Å². The van der Waals surface area contributed by atoms with E-state index in [1.54, 1.807) is 13.4 Å². The first-order valence-corrected chi connectivity index (χ1v) is 7.71. The number of benzene rings is 1. The van der Waals surface area contributed by atoms with Crippen LogP contribution in [0.15, 0.2) is 47.2 Å². The Morgan fingerprint density at radius 2 is 2.09 bits per heavy atom. The molecule has 22 heavy (non-hydrogen) atoms. The molecular formula is C18H21NO3.